The zero-order valence-electron chi connectivity index (χ0n) is 19.9. The number of benzene rings is 2. The number of nitrogen functional groups attached to an aromatic ring is 1. The first-order valence-corrected chi connectivity index (χ1v) is 11.0. The predicted molar refractivity (Wildman–Crippen MR) is 132 cm³/mol. The summed E-state index contributed by atoms with van der Waals surface area (Å²) in [4.78, 5) is 53.1. The van der Waals surface area contributed by atoms with Crippen molar-refractivity contribution in [1.82, 2.24) is 9.55 Å². The molecule has 3 aromatic rings. The minimum absolute atomic E-state index is 0.0618. The smallest absolute Gasteiger partial charge is 0.344 e. The molecule has 0 spiro atoms. The predicted octanol–water partition coefficient (Wildman–Crippen LogP) is 1.76. The molecule has 0 fully saturated rings. The number of rotatable bonds is 9. The fourth-order valence-electron chi connectivity index (χ4n) is 3.64. The van der Waals surface area contributed by atoms with Crippen LogP contribution >= 0.6 is 0 Å². The second kappa shape index (κ2) is 11.2. The third-order valence-electron chi connectivity index (χ3n) is 5.19. The maximum Gasteiger partial charge on any atom is 0.344 e. The van der Waals surface area contributed by atoms with Crippen LogP contribution in [-0.4, -0.2) is 41.2 Å². The van der Waals surface area contributed by atoms with Crippen LogP contribution in [-0.2, 0) is 20.9 Å². The summed E-state index contributed by atoms with van der Waals surface area (Å²) in [5, 5.41) is 0. The molecule has 184 valence electrons. The van der Waals surface area contributed by atoms with Crippen LogP contribution in [0.4, 0.5) is 11.5 Å². The standard InChI is InChI=1S/C25H28N4O6/c1-4-28(20(30)14-35-21(31)15-34-19-11-16(2)10-17(3)12-19)22-23(26)29(25(33)27-24(22)32)13-18-8-6-5-7-9-18/h5-12H,4,13-15,26H2,1-3H3,(H,27,32,33). The molecule has 10 nitrogen and oxygen atoms in total. The number of hydrogen-bond acceptors (Lipinski definition) is 7. The van der Waals surface area contributed by atoms with E-state index in [0.29, 0.717) is 5.75 Å². The summed E-state index contributed by atoms with van der Waals surface area (Å²) < 4.78 is 11.7. The number of aromatic nitrogens is 2. The molecule has 0 aliphatic rings. The Hall–Kier alpha value is -4.34. The quantitative estimate of drug-likeness (QED) is 0.445. The third-order valence-corrected chi connectivity index (χ3v) is 5.19. The van der Waals surface area contributed by atoms with Gasteiger partial charge < -0.3 is 20.1 Å². The molecule has 35 heavy (non-hydrogen) atoms. The molecule has 1 amide bonds. The summed E-state index contributed by atoms with van der Waals surface area (Å²) in [5.41, 5.74) is 7.22. The Morgan fingerprint density at radius 3 is 2.31 bits per heavy atom. The van der Waals surface area contributed by atoms with Gasteiger partial charge in [0.15, 0.2) is 18.9 Å². The van der Waals surface area contributed by atoms with Gasteiger partial charge in [0.25, 0.3) is 11.5 Å². The number of amides is 1. The van der Waals surface area contributed by atoms with Gasteiger partial charge in [0, 0.05) is 6.54 Å². The monoisotopic (exact) mass is 480 g/mol. The van der Waals surface area contributed by atoms with Crippen LogP contribution in [0.25, 0.3) is 0 Å². The number of hydrogen-bond donors (Lipinski definition) is 2. The first kappa shape index (κ1) is 25.3. The SMILES string of the molecule is CCN(C(=O)COC(=O)COc1cc(C)cc(C)c1)c1c(N)n(Cc2ccccc2)c(=O)[nH]c1=O. The fraction of sp³-hybridized carbons (Fsp3) is 0.280. The summed E-state index contributed by atoms with van der Waals surface area (Å²) in [6.07, 6.45) is 0. The molecule has 0 radical (unpaired) electrons. The van der Waals surface area contributed by atoms with Crippen molar-refractivity contribution in [2.24, 2.45) is 0 Å². The normalized spacial score (nSPS) is 10.6. The minimum Gasteiger partial charge on any atom is -0.482 e. The van der Waals surface area contributed by atoms with Crippen LogP contribution in [0, 0.1) is 13.8 Å². The largest absolute Gasteiger partial charge is 0.482 e. The number of likely N-dealkylation sites (N-methyl/N-ethyl adjacent to an activating group) is 1. The molecule has 0 aliphatic carbocycles. The minimum atomic E-state index is -0.809. The van der Waals surface area contributed by atoms with E-state index in [0.717, 1.165) is 21.6 Å². The van der Waals surface area contributed by atoms with Crippen LogP contribution in [0.3, 0.4) is 0 Å². The highest BCUT2D eigenvalue weighted by Gasteiger charge is 2.24. The number of anilines is 2. The van der Waals surface area contributed by atoms with Crippen LogP contribution in [0.2, 0.25) is 0 Å². The topological polar surface area (TPSA) is 137 Å². The van der Waals surface area contributed by atoms with Gasteiger partial charge in [-0.15, -0.1) is 0 Å². The van der Waals surface area contributed by atoms with Crippen LogP contribution in [0.5, 0.6) is 5.75 Å². The van der Waals surface area contributed by atoms with Crippen molar-refractivity contribution in [3.63, 3.8) is 0 Å². The molecule has 1 aromatic heterocycles. The molecule has 2 aromatic carbocycles. The average molecular weight is 481 g/mol. The van der Waals surface area contributed by atoms with E-state index in [9.17, 15) is 19.2 Å². The van der Waals surface area contributed by atoms with E-state index in [4.69, 9.17) is 15.2 Å². The van der Waals surface area contributed by atoms with Gasteiger partial charge in [-0.25, -0.2) is 9.59 Å². The van der Waals surface area contributed by atoms with Crippen molar-refractivity contribution in [3.8, 4) is 5.75 Å². The lowest BCUT2D eigenvalue weighted by molar-refractivity contribution is -0.149. The lowest BCUT2D eigenvalue weighted by Gasteiger charge is -2.23. The van der Waals surface area contributed by atoms with E-state index in [1.807, 2.05) is 38.1 Å². The van der Waals surface area contributed by atoms with Gasteiger partial charge in [0.05, 0.1) is 6.54 Å². The summed E-state index contributed by atoms with van der Waals surface area (Å²) >= 11 is 0. The highest BCUT2D eigenvalue weighted by atomic mass is 16.6. The molecule has 0 saturated heterocycles. The zero-order valence-corrected chi connectivity index (χ0v) is 19.9. The number of nitrogens with one attached hydrogen (secondary N) is 1. The molecular weight excluding hydrogens is 452 g/mol. The lowest BCUT2D eigenvalue weighted by atomic mass is 10.1. The number of carbonyl (C=O) groups excluding carboxylic acids is 2. The number of ether oxygens (including phenoxy) is 2. The third kappa shape index (κ3) is 6.38. The highest BCUT2D eigenvalue weighted by molar-refractivity contribution is 5.97. The van der Waals surface area contributed by atoms with E-state index < -0.39 is 29.7 Å². The van der Waals surface area contributed by atoms with Crippen LogP contribution in [0.1, 0.15) is 23.6 Å². The number of esters is 1. The molecule has 1 heterocycles. The van der Waals surface area contributed by atoms with Gasteiger partial charge in [0.1, 0.15) is 11.6 Å². The average Bonchev–Trinajstić information content (AvgIpc) is 2.81. The van der Waals surface area contributed by atoms with E-state index in [2.05, 4.69) is 4.98 Å². The Kier molecular flexibility index (Phi) is 8.08. The molecule has 3 N–H and O–H groups in total. The Morgan fingerprint density at radius 1 is 1.03 bits per heavy atom. The van der Waals surface area contributed by atoms with Crippen molar-refractivity contribution >= 4 is 23.4 Å². The van der Waals surface area contributed by atoms with Crippen molar-refractivity contribution in [3.05, 3.63) is 86.1 Å². The molecule has 0 saturated carbocycles. The zero-order chi connectivity index (χ0) is 25.5. The summed E-state index contributed by atoms with van der Waals surface area (Å²) in [6, 6.07) is 14.6. The number of aryl methyl sites for hydroxylation is 2. The molecular formula is C25H28N4O6. The Morgan fingerprint density at radius 2 is 1.69 bits per heavy atom. The molecule has 10 heteroatoms. The Balaban J connectivity index is 1.71. The molecule has 0 bridgehead atoms. The number of nitrogens with zero attached hydrogens (tertiary/aromatic N) is 2. The van der Waals surface area contributed by atoms with E-state index in [-0.39, 0.29) is 31.2 Å². The number of nitrogens with two attached hydrogens (primary N) is 1. The molecule has 0 unspecified atom stereocenters. The van der Waals surface area contributed by atoms with Crippen molar-refractivity contribution in [2.75, 3.05) is 30.4 Å². The van der Waals surface area contributed by atoms with Gasteiger partial charge >= 0.3 is 11.7 Å². The van der Waals surface area contributed by atoms with Gasteiger partial charge in [-0.1, -0.05) is 36.4 Å². The lowest BCUT2D eigenvalue weighted by Crippen LogP contribution is -2.42. The second-order valence-electron chi connectivity index (χ2n) is 7.98. The van der Waals surface area contributed by atoms with Crippen LogP contribution in [0.15, 0.2) is 58.1 Å². The second-order valence-corrected chi connectivity index (χ2v) is 7.98. The first-order valence-electron chi connectivity index (χ1n) is 11.0. The Bertz CT molecular complexity index is 1310. The summed E-state index contributed by atoms with van der Waals surface area (Å²) in [5.74, 6) is -1.07. The summed E-state index contributed by atoms with van der Waals surface area (Å²) in [6.45, 7) is 4.61. The van der Waals surface area contributed by atoms with Gasteiger partial charge in [-0.05, 0) is 49.6 Å². The van der Waals surface area contributed by atoms with E-state index in [1.54, 1.807) is 31.2 Å². The van der Waals surface area contributed by atoms with Crippen molar-refractivity contribution in [2.45, 2.75) is 27.3 Å². The number of aromatic amines is 1. The van der Waals surface area contributed by atoms with Gasteiger partial charge in [-0.3, -0.25) is 19.1 Å². The summed E-state index contributed by atoms with van der Waals surface area (Å²) in [7, 11) is 0. The molecule has 0 aliphatic heterocycles. The van der Waals surface area contributed by atoms with Gasteiger partial charge in [0.2, 0.25) is 0 Å². The number of carbonyl (C=O) groups is 2. The van der Waals surface area contributed by atoms with E-state index in [1.165, 1.54) is 4.57 Å². The fourth-order valence-corrected chi connectivity index (χ4v) is 3.64. The van der Waals surface area contributed by atoms with Crippen LogP contribution < -0.4 is 26.6 Å². The maximum absolute atomic E-state index is 12.8. The van der Waals surface area contributed by atoms with Crippen molar-refractivity contribution < 1.29 is 19.1 Å². The number of H-pyrrole nitrogens is 1. The first-order chi connectivity index (χ1) is 16.7. The van der Waals surface area contributed by atoms with Gasteiger partial charge in [-0.2, -0.15) is 0 Å². The highest BCUT2D eigenvalue weighted by Crippen LogP contribution is 2.18. The molecule has 0 atom stereocenters. The molecule has 3 rings (SSSR count). The van der Waals surface area contributed by atoms with E-state index >= 15 is 0 Å². The maximum atomic E-state index is 12.8. The Labute approximate surface area is 201 Å². The van der Waals surface area contributed by atoms with Crippen molar-refractivity contribution in [1.29, 1.82) is 0 Å².